The minimum atomic E-state index is -0.356. The number of benzene rings is 3. The number of nitrogens with one attached hydrogen (secondary N) is 2. The molecular formula is C23H16ClN5O5. The maximum absolute atomic E-state index is 12.3. The predicted molar refractivity (Wildman–Crippen MR) is 122 cm³/mol. The maximum Gasteiger partial charge on any atom is 0.291 e. The summed E-state index contributed by atoms with van der Waals surface area (Å²) in [7, 11) is 0. The summed E-state index contributed by atoms with van der Waals surface area (Å²) in [5.41, 5.74) is 1.86. The molecule has 5 rings (SSSR count). The van der Waals surface area contributed by atoms with Crippen LogP contribution < -0.4 is 14.8 Å². The number of phenolic OH excluding ortho intramolecular Hbond substituents is 1. The Morgan fingerprint density at radius 3 is 2.79 bits per heavy atom. The van der Waals surface area contributed by atoms with E-state index in [1.165, 1.54) is 12.1 Å². The number of furan rings is 1. The number of aromatic hydroxyl groups is 1. The molecule has 3 N–H and O–H groups in total. The molecule has 10 nitrogen and oxygen atoms in total. The summed E-state index contributed by atoms with van der Waals surface area (Å²) >= 11 is 5.91. The normalized spacial score (nSPS) is 10.9. The van der Waals surface area contributed by atoms with Crippen molar-refractivity contribution in [1.82, 2.24) is 20.6 Å². The van der Waals surface area contributed by atoms with Crippen molar-refractivity contribution in [3.63, 3.8) is 0 Å². The van der Waals surface area contributed by atoms with Crippen LogP contribution in [0, 0.1) is 0 Å². The Morgan fingerprint density at radius 2 is 1.97 bits per heavy atom. The summed E-state index contributed by atoms with van der Waals surface area (Å²) in [6.45, 7) is 0.252. The van der Waals surface area contributed by atoms with E-state index in [2.05, 4.69) is 25.9 Å². The summed E-state index contributed by atoms with van der Waals surface area (Å²) in [6, 6.07) is 18.6. The van der Waals surface area contributed by atoms with Gasteiger partial charge in [0.1, 0.15) is 29.4 Å². The molecule has 0 aliphatic heterocycles. The Kier molecular flexibility index (Phi) is 5.71. The van der Waals surface area contributed by atoms with Gasteiger partial charge in [-0.25, -0.2) is 0 Å². The molecule has 2 heterocycles. The number of phenols is 1. The molecule has 0 bridgehead atoms. The van der Waals surface area contributed by atoms with Gasteiger partial charge in [-0.05, 0) is 53.2 Å². The van der Waals surface area contributed by atoms with E-state index in [0.717, 1.165) is 10.9 Å². The largest absolute Gasteiger partial charge is 0.506 e. The van der Waals surface area contributed by atoms with E-state index in [4.69, 9.17) is 25.5 Å². The second-order valence-corrected chi connectivity index (χ2v) is 7.57. The SMILES string of the molecule is O=C(Nc1nn[nH]n1)c1cccc(COc2ccc3oc(Oc4ccc(O)c(Cl)c4)cc3c2)c1. The zero-order valence-corrected chi connectivity index (χ0v) is 18.1. The third-order valence-corrected chi connectivity index (χ3v) is 5.07. The Morgan fingerprint density at radius 1 is 1.09 bits per heavy atom. The van der Waals surface area contributed by atoms with E-state index in [9.17, 15) is 9.90 Å². The number of anilines is 1. The standard InChI is InChI=1S/C23H16ClN5O5/c24-18-11-17(4-6-19(18)30)33-21-10-15-9-16(5-7-20(15)34-21)32-12-13-2-1-3-14(8-13)22(31)25-23-26-28-29-27-23/h1-11,30H,12H2,(H2,25,26,27,28,29,31). The number of aromatic nitrogens is 4. The molecule has 170 valence electrons. The Bertz CT molecular complexity index is 1470. The number of hydrogen-bond acceptors (Lipinski definition) is 8. The number of H-pyrrole nitrogens is 1. The van der Waals surface area contributed by atoms with Crippen LogP contribution >= 0.6 is 11.6 Å². The van der Waals surface area contributed by atoms with Crippen LogP contribution in [0.2, 0.25) is 5.02 Å². The molecule has 0 radical (unpaired) electrons. The predicted octanol–water partition coefficient (Wildman–Crippen LogP) is 4.93. The number of tetrazole rings is 1. The summed E-state index contributed by atoms with van der Waals surface area (Å²) in [5, 5.41) is 26.1. The van der Waals surface area contributed by atoms with Crippen LogP contribution in [0.3, 0.4) is 0 Å². The fourth-order valence-electron chi connectivity index (χ4n) is 3.16. The van der Waals surface area contributed by atoms with E-state index in [1.807, 2.05) is 12.1 Å². The van der Waals surface area contributed by atoms with Crippen LogP contribution in [0.25, 0.3) is 11.0 Å². The van der Waals surface area contributed by atoms with E-state index >= 15 is 0 Å². The highest BCUT2D eigenvalue weighted by Crippen LogP contribution is 2.34. The first-order chi connectivity index (χ1) is 16.5. The van der Waals surface area contributed by atoms with Crippen LogP contribution in [0.15, 0.2) is 71.1 Å². The van der Waals surface area contributed by atoms with Crippen molar-refractivity contribution in [2.75, 3.05) is 5.32 Å². The zero-order chi connectivity index (χ0) is 23.5. The van der Waals surface area contributed by atoms with Crippen molar-refractivity contribution in [2.45, 2.75) is 6.61 Å². The third-order valence-electron chi connectivity index (χ3n) is 4.77. The van der Waals surface area contributed by atoms with E-state index in [1.54, 1.807) is 42.5 Å². The van der Waals surface area contributed by atoms with Crippen LogP contribution in [0.1, 0.15) is 15.9 Å². The van der Waals surface area contributed by atoms with E-state index < -0.39 is 0 Å². The molecule has 0 unspecified atom stereocenters. The van der Waals surface area contributed by atoms with Crippen LogP contribution in [0.5, 0.6) is 23.2 Å². The quantitative estimate of drug-likeness (QED) is 0.300. The first-order valence-corrected chi connectivity index (χ1v) is 10.4. The van der Waals surface area contributed by atoms with Gasteiger partial charge in [0.15, 0.2) is 0 Å². The average Bonchev–Trinajstić information content (AvgIpc) is 3.49. The van der Waals surface area contributed by atoms with Gasteiger partial charge >= 0.3 is 0 Å². The van der Waals surface area contributed by atoms with Crippen molar-refractivity contribution >= 4 is 34.4 Å². The van der Waals surface area contributed by atoms with Gasteiger partial charge in [-0.2, -0.15) is 5.21 Å². The topological polar surface area (TPSA) is 135 Å². The number of fused-ring (bicyclic) bond motifs is 1. The third kappa shape index (κ3) is 4.76. The zero-order valence-electron chi connectivity index (χ0n) is 17.4. The van der Waals surface area contributed by atoms with Gasteiger partial charge in [0.25, 0.3) is 17.8 Å². The monoisotopic (exact) mass is 477 g/mol. The number of halogens is 1. The molecule has 0 atom stereocenters. The molecule has 3 aromatic carbocycles. The Hall–Kier alpha value is -4.57. The molecule has 0 saturated carbocycles. The van der Waals surface area contributed by atoms with E-state index in [0.29, 0.717) is 22.6 Å². The lowest BCUT2D eigenvalue weighted by Crippen LogP contribution is -2.13. The highest BCUT2D eigenvalue weighted by atomic mass is 35.5. The number of carbonyl (C=O) groups excluding carboxylic acids is 1. The smallest absolute Gasteiger partial charge is 0.291 e. The Labute approximate surface area is 197 Å². The molecular weight excluding hydrogens is 462 g/mol. The summed E-state index contributed by atoms with van der Waals surface area (Å²) in [5.74, 6) is 1.03. The van der Waals surface area contributed by atoms with Crippen molar-refractivity contribution in [3.05, 3.63) is 82.9 Å². The summed E-state index contributed by atoms with van der Waals surface area (Å²) in [6.07, 6.45) is 0. The van der Waals surface area contributed by atoms with Crippen LogP contribution in [-0.2, 0) is 6.61 Å². The average molecular weight is 478 g/mol. The summed E-state index contributed by atoms with van der Waals surface area (Å²) < 4.78 is 17.3. The molecule has 0 aliphatic carbocycles. The van der Waals surface area contributed by atoms with Gasteiger partial charge in [-0.1, -0.05) is 28.8 Å². The number of rotatable bonds is 7. The number of ether oxygens (including phenoxy) is 2. The second-order valence-electron chi connectivity index (χ2n) is 7.16. The molecule has 0 fully saturated rings. The van der Waals surface area contributed by atoms with Crippen molar-refractivity contribution in [3.8, 4) is 23.2 Å². The number of nitrogens with zero attached hydrogens (tertiary/aromatic N) is 3. The Balaban J connectivity index is 1.25. The number of hydrogen-bond donors (Lipinski definition) is 3. The van der Waals surface area contributed by atoms with Gasteiger partial charge in [0.05, 0.1) is 5.02 Å². The van der Waals surface area contributed by atoms with Gasteiger partial charge in [0.2, 0.25) is 0 Å². The molecule has 11 heteroatoms. The molecule has 5 aromatic rings. The number of amides is 1. The molecule has 2 aromatic heterocycles. The van der Waals surface area contributed by atoms with Gasteiger partial charge in [-0.15, -0.1) is 5.10 Å². The highest BCUT2D eigenvalue weighted by Gasteiger charge is 2.11. The number of aromatic amines is 1. The molecule has 0 saturated heterocycles. The number of carbonyl (C=O) groups is 1. The minimum Gasteiger partial charge on any atom is -0.506 e. The van der Waals surface area contributed by atoms with E-state index in [-0.39, 0.29) is 35.2 Å². The highest BCUT2D eigenvalue weighted by molar-refractivity contribution is 6.32. The van der Waals surface area contributed by atoms with Crippen molar-refractivity contribution < 1.29 is 23.8 Å². The minimum absolute atomic E-state index is 0.0291. The molecule has 34 heavy (non-hydrogen) atoms. The second kappa shape index (κ2) is 9.12. The van der Waals surface area contributed by atoms with Gasteiger partial charge in [-0.3, -0.25) is 10.1 Å². The van der Waals surface area contributed by atoms with Crippen molar-refractivity contribution in [2.24, 2.45) is 0 Å². The van der Waals surface area contributed by atoms with Crippen molar-refractivity contribution in [1.29, 1.82) is 0 Å². The maximum atomic E-state index is 12.3. The molecule has 0 spiro atoms. The first-order valence-electron chi connectivity index (χ1n) is 10.00. The van der Waals surface area contributed by atoms with Crippen LogP contribution in [0.4, 0.5) is 5.95 Å². The molecule has 0 aliphatic rings. The summed E-state index contributed by atoms with van der Waals surface area (Å²) in [4.78, 5) is 12.3. The molecule has 1 amide bonds. The lowest BCUT2D eigenvalue weighted by atomic mass is 10.1. The lowest BCUT2D eigenvalue weighted by molar-refractivity contribution is 0.102. The fourth-order valence-corrected chi connectivity index (χ4v) is 3.33. The lowest BCUT2D eigenvalue weighted by Gasteiger charge is -2.08. The van der Waals surface area contributed by atoms with Gasteiger partial charge < -0.3 is 19.0 Å². The fraction of sp³-hybridized carbons (Fsp3) is 0.0435. The van der Waals surface area contributed by atoms with Gasteiger partial charge in [0, 0.05) is 23.1 Å². The first kappa shape index (κ1) is 21.3. The van der Waals surface area contributed by atoms with Crippen LogP contribution in [-0.4, -0.2) is 31.6 Å².